The molecule has 29 heavy (non-hydrogen) atoms. The molecular weight excluding hydrogens is 370 g/mol. The maximum absolute atomic E-state index is 6.39. The fourth-order valence-corrected chi connectivity index (χ4v) is 4.50. The molecule has 0 radical (unpaired) electrons. The second-order valence-electron chi connectivity index (χ2n) is 7.80. The zero-order valence-corrected chi connectivity index (χ0v) is 16.5. The van der Waals surface area contributed by atoms with E-state index in [2.05, 4.69) is 36.2 Å². The van der Waals surface area contributed by atoms with Gasteiger partial charge in [0.1, 0.15) is 0 Å². The molecule has 0 aliphatic carbocycles. The van der Waals surface area contributed by atoms with Crippen LogP contribution in [0.5, 0.6) is 23.0 Å². The maximum atomic E-state index is 6.39. The third-order valence-electron chi connectivity index (χ3n) is 5.70. The molecule has 3 aromatic rings. The van der Waals surface area contributed by atoms with Crippen LogP contribution in [0.3, 0.4) is 0 Å². The van der Waals surface area contributed by atoms with Crippen LogP contribution in [0.1, 0.15) is 25.6 Å². The van der Waals surface area contributed by atoms with Crippen LogP contribution in [0.4, 0.5) is 5.69 Å². The van der Waals surface area contributed by atoms with Gasteiger partial charge in [0, 0.05) is 18.0 Å². The number of anilines is 1. The lowest BCUT2D eigenvalue weighted by Crippen LogP contribution is -2.32. The summed E-state index contributed by atoms with van der Waals surface area (Å²) in [6, 6.07) is 12.5. The van der Waals surface area contributed by atoms with Crippen molar-refractivity contribution in [3.8, 4) is 34.1 Å². The average Bonchev–Trinajstić information content (AvgIpc) is 3.36. The Morgan fingerprint density at radius 3 is 2.45 bits per heavy atom. The molecule has 0 aromatic heterocycles. The molecule has 6 heteroatoms. The predicted molar refractivity (Wildman–Crippen MR) is 109 cm³/mol. The summed E-state index contributed by atoms with van der Waals surface area (Å²) in [5.41, 5.74) is 4.37. The zero-order chi connectivity index (χ0) is 19.7. The van der Waals surface area contributed by atoms with E-state index in [-0.39, 0.29) is 25.9 Å². The Balaban J connectivity index is 1.65. The van der Waals surface area contributed by atoms with Crippen molar-refractivity contribution in [3.63, 3.8) is 0 Å². The van der Waals surface area contributed by atoms with Crippen molar-refractivity contribution in [2.24, 2.45) is 0 Å². The number of fused-ring (bicyclic) bond motifs is 8. The number of hydrogen-bond acceptors (Lipinski definition) is 6. The molecule has 0 fully saturated rings. The minimum atomic E-state index is -0.287. The van der Waals surface area contributed by atoms with Crippen LogP contribution in [-0.2, 0) is 4.74 Å². The Hall–Kier alpha value is -3.12. The summed E-state index contributed by atoms with van der Waals surface area (Å²) >= 11 is 0. The topological polar surface area (TPSA) is 49.4 Å². The molecule has 0 N–H and O–H groups in total. The van der Waals surface area contributed by atoms with Crippen molar-refractivity contribution >= 4 is 16.5 Å². The van der Waals surface area contributed by atoms with Crippen molar-refractivity contribution in [2.45, 2.75) is 26.2 Å². The number of ether oxygens (including phenoxy) is 5. The van der Waals surface area contributed by atoms with Crippen molar-refractivity contribution in [2.75, 3.05) is 25.5 Å². The van der Waals surface area contributed by atoms with E-state index in [9.17, 15) is 0 Å². The standard InChI is InChI=1S/C23H21NO5/c1-12(2)29-23-20-14(6-7-17-22(20)28-11-25-17)15-5-4-13-8-18-19(27-10-26-18)9-16(13)21(15)24(23)3/h4-9,12,23H,10-11H2,1-3H3. The lowest BCUT2D eigenvalue weighted by molar-refractivity contribution is 0.00579. The van der Waals surface area contributed by atoms with Gasteiger partial charge < -0.3 is 28.6 Å². The molecular formula is C23H21NO5. The predicted octanol–water partition coefficient (Wildman–Crippen LogP) is 4.84. The van der Waals surface area contributed by atoms with E-state index >= 15 is 0 Å². The SMILES string of the molecule is CC(C)OC1c2c(ccc3c2OCO3)-c2ccc3cc4c(cc3c2N1C)OCO4. The minimum Gasteiger partial charge on any atom is -0.454 e. The smallest absolute Gasteiger partial charge is 0.231 e. The summed E-state index contributed by atoms with van der Waals surface area (Å²) in [6.07, 6.45) is -0.240. The molecule has 0 saturated heterocycles. The summed E-state index contributed by atoms with van der Waals surface area (Å²) in [5.74, 6) is 3.10. The van der Waals surface area contributed by atoms with Gasteiger partial charge in [0.25, 0.3) is 0 Å². The first-order valence-electron chi connectivity index (χ1n) is 9.79. The van der Waals surface area contributed by atoms with Gasteiger partial charge in [0.15, 0.2) is 29.2 Å². The molecule has 0 bridgehead atoms. The van der Waals surface area contributed by atoms with E-state index in [1.807, 2.05) is 26.0 Å². The Morgan fingerprint density at radius 2 is 1.62 bits per heavy atom. The monoisotopic (exact) mass is 391 g/mol. The van der Waals surface area contributed by atoms with Gasteiger partial charge in [-0.15, -0.1) is 0 Å². The van der Waals surface area contributed by atoms with Crippen LogP contribution in [0.15, 0.2) is 36.4 Å². The number of rotatable bonds is 2. The van der Waals surface area contributed by atoms with Crippen LogP contribution < -0.4 is 23.8 Å². The largest absolute Gasteiger partial charge is 0.454 e. The lowest BCUT2D eigenvalue weighted by Gasteiger charge is -2.39. The molecule has 1 unspecified atom stereocenters. The second-order valence-corrected chi connectivity index (χ2v) is 7.80. The molecule has 148 valence electrons. The molecule has 3 aliphatic rings. The van der Waals surface area contributed by atoms with Crippen molar-refractivity contribution < 1.29 is 23.7 Å². The Labute approximate surface area is 168 Å². The van der Waals surface area contributed by atoms with Gasteiger partial charge in [0.05, 0.1) is 17.4 Å². The fraction of sp³-hybridized carbons (Fsp3) is 0.304. The van der Waals surface area contributed by atoms with E-state index in [0.717, 1.165) is 56.1 Å². The van der Waals surface area contributed by atoms with Gasteiger partial charge in [-0.2, -0.15) is 0 Å². The Kier molecular flexibility index (Phi) is 3.44. The van der Waals surface area contributed by atoms with Crippen molar-refractivity contribution in [3.05, 3.63) is 42.0 Å². The van der Waals surface area contributed by atoms with Crippen LogP contribution in [-0.4, -0.2) is 26.7 Å². The summed E-state index contributed by atoms with van der Waals surface area (Å²) in [6.45, 7) is 4.59. The molecule has 1 atom stereocenters. The van der Waals surface area contributed by atoms with Crippen molar-refractivity contribution in [1.29, 1.82) is 0 Å². The highest BCUT2D eigenvalue weighted by molar-refractivity contribution is 6.05. The summed E-state index contributed by atoms with van der Waals surface area (Å²) in [5, 5.41) is 2.21. The minimum absolute atomic E-state index is 0.0472. The van der Waals surface area contributed by atoms with Gasteiger partial charge in [0.2, 0.25) is 13.6 Å². The third-order valence-corrected chi connectivity index (χ3v) is 5.70. The highest BCUT2D eigenvalue weighted by Gasteiger charge is 2.37. The third kappa shape index (κ3) is 2.32. The van der Waals surface area contributed by atoms with E-state index in [0.29, 0.717) is 0 Å². The van der Waals surface area contributed by atoms with E-state index in [4.69, 9.17) is 23.7 Å². The first-order valence-corrected chi connectivity index (χ1v) is 9.79. The van der Waals surface area contributed by atoms with E-state index < -0.39 is 0 Å². The van der Waals surface area contributed by atoms with Gasteiger partial charge in [-0.05, 0) is 49.1 Å². The van der Waals surface area contributed by atoms with Crippen LogP contribution in [0, 0.1) is 0 Å². The first-order chi connectivity index (χ1) is 14.1. The molecule has 6 rings (SSSR count). The average molecular weight is 391 g/mol. The first kappa shape index (κ1) is 16.8. The number of benzene rings is 3. The normalized spacial score (nSPS) is 18.3. The maximum Gasteiger partial charge on any atom is 0.231 e. The lowest BCUT2D eigenvalue weighted by atomic mass is 9.88. The van der Waals surface area contributed by atoms with Crippen LogP contribution in [0.2, 0.25) is 0 Å². The van der Waals surface area contributed by atoms with Gasteiger partial charge in [-0.1, -0.05) is 12.1 Å². The Morgan fingerprint density at radius 1 is 0.897 bits per heavy atom. The molecule has 6 nitrogen and oxygen atoms in total. The number of hydrogen-bond donors (Lipinski definition) is 0. The van der Waals surface area contributed by atoms with E-state index in [1.54, 1.807) is 0 Å². The highest BCUT2D eigenvalue weighted by Crippen LogP contribution is 2.54. The summed E-state index contributed by atoms with van der Waals surface area (Å²) in [7, 11) is 2.06. The Bertz CT molecular complexity index is 1160. The summed E-state index contributed by atoms with van der Waals surface area (Å²) in [4.78, 5) is 2.18. The van der Waals surface area contributed by atoms with Gasteiger partial charge in [-0.25, -0.2) is 0 Å². The van der Waals surface area contributed by atoms with Crippen LogP contribution >= 0.6 is 0 Å². The zero-order valence-electron chi connectivity index (χ0n) is 16.5. The van der Waals surface area contributed by atoms with Gasteiger partial charge in [-0.3, -0.25) is 0 Å². The quantitative estimate of drug-likeness (QED) is 0.623. The number of nitrogens with zero attached hydrogens (tertiary/aromatic N) is 1. The summed E-state index contributed by atoms with van der Waals surface area (Å²) < 4.78 is 29.1. The molecule has 3 heterocycles. The van der Waals surface area contributed by atoms with Crippen molar-refractivity contribution in [1.82, 2.24) is 0 Å². The molecule has 3 aliphatic heterocycles. The molecule has 0 amide bonds. The molecule has 0 saturated carbocycles. The second kappa shape index (κ2) is 5.94. The molecule has 0 spiro atoms. The van der Waals surface area contributed by atoms with Gasteiger partial charge >= 0.3 is 0 Å². The fourth-order valence-electron chi connectivity index (χ4n) is 4.50. The highest BCUT2D eigenvalue weighted by atomic mass is 16.7. The van der Waals surface area contributed by atoms with Crippen LogP contribution in [0.25, 0.3) is 21.9 Å². The van der Waals surface area contributed by atoms with E-state index in [1.165, 1.54) is 0 Å². The molecule has 3 aromatic carbocycles.